The third kappa shape index (κ3) is 4.27. The van der Waals surface area contributed by atoms with Crippen molar-refractivity contribution in [2.24, 2.45) is 0 Å². The van der Waals surface area contributed by atoms with Crippen molar-refractivity contribution in [2.45, 2.75) is 76.8 Å². The van der Waals surface area contributed by atoms with E-state index in [2.05, 4.69) is 17.1 Å². The fraction of sp³-hybridized carbons (Fsp3) is 0.933. The Morgan fingerprint density at radius 2 is 2.11 bits per heavy atom. The molecule has 0 radical (unpaired) electrons. The molecular weight excluding hydrogens is 224 g/mol. The van der Waals surface area contributed by atoms with Gasteiger partial charge in [0.05, 0.1) is 0 Å². The molecule has 1 saturated carbocycles. The van der Waals surface area contributed by atoms with Crippen LogP contribution in [0.1, 0.15) is 64.7 Å². The molecule has 1 heterocycles. The van der Waals surface area contributed by atoms with Gasteiger partial charge in [0, 0.05) is 25.0 Å². The lowest BCUT2D eigenvalue weighted by Gasteiger charge is -2.26. The summed E-state index contributed by atoms with van der Waals surface area (Å²) in [4.78, 5) is 14.4. The maximum absolute atomic E-state index is 12.3. The summed E-state index contributed by atoms with van der Waals surface area (Å²) in [5.41, 5.74) is 0. The molecule has 2 fully saturated rings. The monoisotopic (exact) mass is 252 g/mol. The van der Waals surface area contributed by atoms with Crippen molar-refractivity contribution in [3.8, 4) is 0 Å². The minimum atomic E-state index is 0.401. The van der Waals surface area contributed by atoms with Gasteiger partial charge >= 0.3 is 0 Å². The van der Waals surface area contributed by atoms with Gasteiger partial charge in [-0.25, -0.2) is 0 Å². The average molecular weight is 252 g/mol. The fourth-order valence-corrected chi connectivity index (χ4v) is 2.84. The van der Waals surface area contributed by atoms with Gasteiger partial charge in [-0.15, -0.1) is 0 Å². The van der Waals surface area contributed by atoms with E-state index in [9.17, 15) is 4.79 Å². The first-order valence-electron chi connectivity index (χ1n) is 7.84. The maximum Gasteiger partial charge on any atom is 0.222 e. The van der Waals surface area contributed by atoms with Crippen LogP contribution in [0.2, 0.25) is 0 Å². The third-order valence-electron chi connectivity index (χ3n) is 4.18. The Balaban J connectivity index is 1.70. The highest BCUT2D eigenvalue weighted by atomic mass is 16.2. The second kappa shape index (κ2) is 7.13. The van der Waals surface area contributed by atoms with Gasteiger partial charge in [0.2, 0.25) is 5.91 Å². The molecule has 0 aromatic heterocycles. The second-order valence-electron chi connectivity index (χ2n) is 5.86. The topological polar surface area (TPSA) is 32.3 Å². The second-order valence-corrected chi connectivity index (χ2v) is 5.86. The summed E-state index contributed by atoms with van der Waals surface area (Å²) in [6, 6.07) is 1.18. The predicted molar refractivity (Wildman–Crippen MR) is 74.5 cm³/mol. The molecule has 1 saturated heterocycles. The molecule has 3 nitrogen and oxygen atoms in total. The molecule has 0 spiro atoms. The summed E-state index contributed by atoms with van der Waals surface area (Å²) in [5.74, 6) is 0.401. The number of nitrogens with zero attached hydrogens (tertiary/aromatic N) is 1. The largest absolute Gasteiger partial charge is 0.340 e. The molecule has 3 heteroatoms. The summed E-state index contributed by atoms with van der Waals surface area (Å²) in [7, 11) is 0. The van der Waals surface area contributed by atoms with Gasteiger partial charge in [-0.2, -0.15) is 0 Å². The SMILES string of the molecule is CCCCN(C(=O)CCC1CCCCN1)C1CC1. The van der Waals surface area contributed by atoms with Crippen molar-refractivity contribution in [3.63, 3.8) is 0 Å². The van der Waals surface area contributed by atoms with Crippen molar-refractivity contribution in [1.82, 2.24) is 10.2 Å². The van der Waals surface area contributed by atoms with Gasteiger partial charge in [-0.1, -0.05) is 19.8 Å². The Morgan fingerprint density at radius 3 is 2.72 bits per heavy atom. The number of hydrogen-bond acceptors (Lipinski definition) is 2. The number of rotatable bonds is 7. The lowest BCUT2D eigenvalue weighted by atomic mass is 10.0. The lowest BCUT2D eigenvalue weighted by Crippen LogP contribution is -2.37. The molecule has 18 heavy (non-hydrogen) atoms. The first kappa shape index (κ1) is 13.9. The number of unbranched alkanes of at least 4 members (excludes halogenated alkanes) is 1. The Bertz CT molecular complexity index is 257. The van der Waals surface area contributed by atoms with Gasteiger partial charge in [0.25, 0.3) is 0 Å². The van der Waals surface area contributed by atoms with Crippen LogP contribution >= 0.6 is 0 Å². The molecule has 0 aromatic carbocycles. The van der Waals surface area contributed by atoms with E-state index in [4.69, 9.17) is 0 Å². The van der Waals surface area contributed by atoms with E-state index in [0.29, 0.717) is 18.0 Å². The standard InChI is InChI=1S/C15H28N2O/c1-2-3-12-17(14-8-9-14)15(18)10-7-13-6-4-5-11-16-13/h13-14,16H,2-12H2,1H3. The van der Waals surface area contributed by atoms with Crippen LogP contribution in [0.3, 0.4) is 0 Å². The van der Waals surface area contributed by atoms with Gasteiger partial charge in [0.15, 0.2) is 0 Å². The molecule has 2 rings (SSSR count). The smallest absolute Gasteiger partial charge is 0.222 e. The number of nitrogens with one attached hydrogen (secondary N) is 1. The third-order valence-corrected chi connectivity index (χ3v) is 4.18. The van der Waals surface area contributed by atoms with Crippen LogP contribution in [0.5, 0.6) is 0 Å². The van der Waals surface area contributed by atoms with Crippen LogP contribution in [0.25, 0.3) is 0 Å². The first-order chi connectivity index (χ1) is 8.81. The van der Waals surface area contributed by atoms with E-state index in [1.54, 1.807) is 0 Å². The molecule has 1 unspecified atom stereocenters. The molecule has 0 bridgehead atoms. The van der Waals surface area contributed by atoms with E-state index < -0.39 is 0 Å². The number of amides is 1. The quantitative estimate of drug-likeness (QED) is 0.755. The van der Waals surface area contributed by atoms with Crippen molar-refractivity contribution in [3.05, 3.63) is 0 Å². The summed E-state index contributed by atoms with van der Waals surface area (Å²) in [5, 5.41) is 3.53. The van der Waals surface area contributed by atoms with Crippen molar-refractivity contribution < 1.29 is 4.79 Å². The Morgan fingerprint density at radius 1 is 1.28 bits per heavy atom. The normalized spacial score (nSPS) is 23.9. The van der Waals surface area contributed by atoms with Crippen LogP contribution in [0, 0.1) is 0 Å². The highest BCUT2D eigenvalue weighted by Gasteiger charge is 2.31. The molecule has 1 aliphatic carbocycles. The molecule has 1 aliphatic heterocycles. The zero-order chi connectivity index (χ0) is 12.8. The van der Waals surface area contributed by atoms with Crippen LogP contribution in [-0.4, -0.2) is 36.0 Å². The Kier molecular flexibility index (Phi) is 5.48. The predicted octanol–water partition coefficient (Wildman–Crippen LogP) is 2.70. The van der Waals surface area contributed by atoms with Gasteiger partial charge in [0.1, 0.15) is 0 Å². The molecule has 2 aliphatic rings. The van der Waals surface area contributed by atoms with Gasteiger partial charge < -0.3 is 10.2 Å². The number of hydrogen-bond donors (Lipinski definition) is 1. The van der Waals surface area contributed by atoms with Crippen molar-refractivity contribution >= 4 is 5.91 Å². The number of carbonyl (C=O) groups is 1. The van der Waals surface area contributed by atoms with Gasteiger partial charge in [-0.05, 0) is 45.1 Å². The van der Waals surface area contributed by atoms with E-state index in [-0.39, 0.29) is 0 Å². The van der Waals surface area contributed by atoms with Crippen LogP contribution < -0.4 is 5.32 Å². The fourth-order valence-electron chi connectivity index (χ4n) is 2.84. The van der Waals surface area contributed by atoms with Gasteiger partial charge in [-0.3, -0.25) is 4.79 Å². The minimum absolute atomic E-state index is 0.401. The summed E-state index contributed by atoms with van der Waals surface area (Å²) < 4.78 is 0. The Hall–Kier alpha value is -0.570. The summed E-state index contributed by atoms with van der Waals surface area (Å²) in [6.45, 7) is 4.32. The first-order valence-corrected chi connectivity index (χ1v) is 7.84. The van der Waals surface area contributed by atoms with E-state index in [1.165, 1.54) is 38.5 Å². The minimum Gasteiger partial charge on any atom is -0.340 e. The molecule has 1 amide bonds. The zero-order valence-corrected chi connectivity index (χ0v) is 11.8. The highest BCUT2D eigenvalue weighted by Crippen LogP contribution is 2.28. The maximum atomic E-state index is 12.3. The molecule has 1 N–H and O–H groups in total. The van der Waals surface area contributed by atoms with E-state index in [0.717, 1.165) is 32.4 Å². The lowest BCUT2D eigenvalue weighted by molar-refractivity contribution is -0.132. The van der Waals surface area contributed by atoms with E-state index in [1.807, 2.05) is 0 Å². The van der Waals surface area contributed by atoms with Crippen LogP contribution in [-0.2, 0) is 4.79 Å². The summed E-state index contributed by atoms with van der Waals surface area (Å²) >= 11 is 0. The molecule has 0 aromatic rings. The zero-order valence-electron chi connectivity index (χ0n) is 11.8. The number of carbonyl (C=O) groups excluding carboxylic acids is 1. The van der Waals surface area contributed by atoms with Crippen molar-refractivity contribution in [1.29, 1.82) is 0 Å². The van der Waals surface area contributed by atoms with Crippen molar-refractivity contribution in [2.75, 3.05) is 13.1 Å². The Labute approximate surface area is 111 Å². The van der Waals surface area contributed by atoms with E-state index >= 15 is 0 Å². The summed E-state index contributed by atoms with van der Waals surface area (Å²) in [6.07, 6.45) is 10.5. The average Bonchev–Trinajstić information content (AvgIpc) is 3.22. The molecule has 1 atom stereocenters. The number of piperidine rings is 1. The molecule has 104 valence electrons. The van der Waals surface area contributed by atoms with Crippen LogP contribution in [0.4, 0.5) is 0 Å². The highest BCUT2D eigenvalue weighted by molar-refractivity contribution is 5.76. The van der Waals surface area contributed by atoms with Crippen LogP contribution in [0.15, 0.2) is 0 Å². The molecular formula is C15H28N2O.